The van der Waals surface area contributed by atoms with Gasteiger partial charge in [-0.15, -0.1) is 0 Å². The first-order chi connectivity index (χ1) is 6.65. The van der Waals surface area contributed by atoms with Gasteiger partial charge in [0.2, 0.25) is 0 Å². The van der Waals surface area contributed by atoms with Gasteiger partial charge in [0.15, 0.2) is 0 Å². The fourth-order valence-electron chi connectivity index (χ4n) is 2.54. The first kappa shape index (κ1) is 9.72. The first-order valence-electron chi connectivity index (χ1n) is 5.44. The second-order valence-electron chi connectivity index (χ2n) is 4.94. The molecule has 1 heteroatoms. The molecule has 1 atom stereocenters. The highest BCUT2D eigenvalue weighted by atomic mass is 14.6. The minimum atomic E-state index is 0.336. The van der Waals surface area contributed by atoms with Crippen LogP contribution >= 0.6 is 0 Å². The quantitative estimate of drug-likeness (QED) is 0.722. The van der Waals surface area contributed by atoms with Gasteiger partial charge in [0.05, 0.1) is 0 Å². The molecule has 0 radical (unpaired) electrons. The predicted molar refractivity (Wildman–Crippen MR) is 60.5 cm³/mol. The van der Waals surface area contributed by atoms with Crippen LogP contribution in [-0.4, -0.2) is 6.54 Å². The summed E-state index contributed by atoms with van der Waals surface area (Å²) in [6, 6.07) is 8.77. The molecule has 0 amide bonds. The van der Waals surface area contributed by atoms with Crippen molar-refractivity contribution in [2.24, 2.45) is 5.73 Å². The van der Waals surface area contributed by atoms with Crippen molar-refractivity contribution in [3.8, 4) is 0 Å². The molecule has 0 heterocycles. The number of hydrogen-bond acceptors (Lipinski definition) is 1. The van der Waals surface area contributed by atoms with E-state index in [1.165, 1.54) is 24.0 Å². The molecule has 1 unspecified atom stereocenters. The fourth-order valence-corrected chi connectivity index (χ4v) is 2.54. The summed E-state index contributed by atoms with van der Waals surface area (Å²) in [5.74, 6) is 0.583. The van der Waals surface area contributed by atoms with Crippen molar-refractivity contribution >= 4 is 0 Å². The lowest BCUT2D eigenvalue weighted by Gasteiger charge is -2.36. The second-order valence-corrected chi connectivity index (χ2v) is 4.94. The normalized spacial score (nSPS) is 24.4. The highest BCUT2D eigenvalue weighted by Gasteiger charge is 2.31. The average Bonchev–Trinajstić information content (AvgIpc) is 2.18. The Hall–Kier alpha value is -0.820. The zero-order chi connectivity index (χ0) is 10.2. The lowest BCUT2D eigenvalue weighted by molar-refractivity contribution is 0.394. The number of rotatable bonds is 1. The molecule has 0 spiro atoms. The van der Waals surface area contributed by atoms with E-state index in [0.717, 1.165) is 6.54 Å². The maximum Gasteiger partial charge on any atom is -0.000813 e. The van der Waals surface area contributed by atoms with E-state index in [1.54, 1.807) is 0 Å². The first-order valence-corrected chi connectivity index (χ1v) is 5.44. The highest BCUT2D eigenvalue weighted by Crippen LogP contribution is 2.41. The average molecular weight is 189 g/mol. The van der Waals surface area contributed by atoms with E-state index >= 15 is 0 Å². The Bertz CT molecular complexity index is 328. The maximum absolute atomic E-state index is 5.81. The van der Waals surface area contributed by atoms with Crippen LogP contribution in [-0.2, 0) is 5.41 Å². The molecular weight excluding hydrogens is 170 g/mol. The van der Waals surface area contributed by atoms with Gasteiger partial charge in [-0.1, -0.05) is 38.1 Å². The van der Waals surface area contributed by atoms with Crippen LogP contribution in [0.2, 0.25) is 0 Å². The van der Waals surface area contributed by atoms with Crippen LogP contribution < -0.4 is 5.73 Å². The molecule has 0 aliphatic heterocycles. The van der Waals surface area contributed by atoms with Crippen LogP contribution in [0.5, 0.6) is 0 Å². The molecule has 2 rings (SSSR count). The Morgan fingerprint density at radius 1 is 1.36 bits per heavy atom. The number of fused-ring (bicyclic) bond motifs is 1. The van der Waals surface area contributed by atoms with Crippen molar-refractivity contribution in [2.45, 2.75) is 38.0 Å². The van der Waals surface area contributed by atoms with Gasteiger partial charge < -0.3 is 5.73 Å². The van der Waals surface area contributed by atoms with Crippen LogP contribution in [0.1, 0.15) is 43.7 Å². The summed E-state index contributed by atoms with van der Waals surface area (Å²) in [5.41, 5.74) is 9.12. The summed E-state index contributed by atoms with van der Waals surface area (Å²) in [6.07, 6.45) is 2.49. The summed E-state index contributed by atoms with van der Waals surface area (Å²) < 4.78 is 0. The van der Waals surface area contributed by atoms with Crippen molar-refractivity contribution < 1.29 is 0 Å². The Labute approximate surface area is 86.3 Å². The Kier molecular flexibility index (Phi) is 2.36. The molecule has 0 saturated carbocycles. The third-order valence-corrected chi connectivity index (χ3v) is 3.53. The summed E-state index contributed by atoms with van der Waals surface area (Å²) in [4.78, 5) is 0. The molecule has 2 N–H and O–H groups in total. The Morgan fingerprint density at radius 3 is 2.79 bits per heavy atom. The Morgan fingerprint density at radius 2 is 2.07 bits per heavy atom. The van der Waals surface area contributed by atoms with Crippen molar-refractivity contribution in [1.29, 1.82) is 0 Å². The molecule has 0 fully saturated rings. The summed E-state index contributed by atoms with van der Waals surface area (Å²) in [5, 5.41) is 0. The number of nitrogens with two attached hydrogens (primary N) is 1. The van der Waals surface area contributed by atoms with Crippen LogP contribution in [0, 0.1) is 0 Å². The lowest BCUT2D eigenvalue weighted by atomic mass is 9.69. The summed E-state index contributed by atoms with van der Waals surface area (Å²) >= 11 is 0. The number of hydrogen-bond donors (Lipinski definition) is 1. The van der Waals surface area contributed by atoms with Gasteiger partial charge in [0.25, 0.3) is 0 Å². The van der Waals surface area contributed by atoms with E-state index in [-0.39, 0.29) is 0 Å². The van der Waals surface area contributed by atoms with E-state index in [1.807, 2.05) is 0 Å². The van der Waals surface area contributed by atoms with Gasteiger partial charge in [0, 0.05) is 0 Å². The van der Waals surface area contributed by atoms with Gasteiger partial charge in [-0.2, -0.15) is 0 Å². The maximum atomic E-state index is 5.81. The molecule has 1 aliphatic carbocycles. The van der Waals surface area contributed by atoms with Crippen molar-refractivity contribution in [3.63, 3.8) is 0 Å². The molecule has 76 valence electrons. The second kappa shape index (κ2) is 3.39. The van der Waals surface area contributed by atoms with Crippen LogP contribution in [0.3, 0.4) is 0 Å². The molecular formula is C13H19N. The zero-order valence-corrected chi connectivity index (χ0v) is 9.09. The van der Waals surface area contributed by atoms with Crippen molar-refractivity contribution in [2.75, 3.05) is 6.54 Å². The highest BCUT2D eigenvalue weighted by molar-refractivity contribution is 5.38. The molecule has 1 nitrogen and oxygen atoms in total. The molecule has 1 aliphatic rings. The van der Waals surface area contributed by atoms with Crippen LogP contribution in [0.4, 0.5) is 0 Å². The SMILES string of the molecule is CC1(C)CCC(CN)c2ccccc21. The largest absolute Gasteiger partial charge is 0.330 e. The summed E-state index contributed by atoms with van der Waals surface area (Å²) in [6.45, 7) is 5.45. The third kappa shape index (κ3) is 1.46. The predicted octanol–water partition coefficient (Wildman–Crippen LogP) is 2.80. The van der Waals surface area contributed by atoms with Crippen LogP contribution in [0.25, 0.3) is 0 Å². The minimum absolute atomic E-state index is 0.336. The smallest absolute Gasteiger partial charge is 0.000813 e. The zero-order valence-electron chi connectivity index (χ0n) is 9.09. The molecule has 14 heavy (non-hydrogen) atoms. The van der Waals surface area contributed by atoms with Crippen LogP contribution in [0.15, 0.2) is 24.3 Å². The Balaban J connectivity index is 2.49. The molecule has 0 saturated heterocycles. The monoisotopic (exact) mass is 189 g/mol. The van der Waals surface area contributed by atoms with E-state index in [9.17, 15) is 0 Å². The fraction of sp³-hybridized carbons (Fsp3) is 0.538. The van der Waals surface area contributed by atoms with Crippen molar-refractivity contribution in [1.82, 2.24) is 0 Å². The lowest BCUT2D eigenvalue weighted by Crippen LogP contribution is -2.29. The van der Waals surface area contributed by atoms with E-state index in [0.29, 0.717) is 11.3 Å². The number of benzene rings is 1. The molecule has 0 bridgehead atoms. The minimum Gasteiger partial charge on any atom is -0.330 e. The summed E-state index contributed by atoms with van der Waals surface area (Å²) in [7, 11) is 0. The van der Waals surface area contributed by atoms with E-state index in [2.05, 4.69) is 38.1 Å². The third-order valence-electron chi connectivity index (χ3n) is 3.53. The van der Waals surface area contributed by atoms with Gasteiger partial charge >= 0.3 is 0 Å². The molecule has 1 aromatic rings. The van der Waals surface area contributed by atoms with E-state index < -0.39 is 0 Å². The topological polar surface area (TPSA) is 26.0 Å². The van der Waals surface area contributed by atoms with Gasteiger partial charge in [-0.3, -0.25) is 0 Å². The van der Waals surface area contributed by atoms with Gasteiger partial charge in [0.1, 0.15) is 0 Å². The van der Waals surface area contributed by atoms with Gasteiger partial charge in [-0.25, -0.2) is 0 Å². The molecule has 1 aromatic carbocycles. The van der Waals surface area contributed by atoms with Crippen molar-refractivity contribution in [3.05, 3.63) is 35.4 Å². The molecule has 0 aromatic heterocycles. The van der Waals surface area contributed by atoms with E-state index in [4.69, 9.17) is 5.73 Å². The standard InChI is InChI=1S/C13H19N/c1-13(2)8-7-10(9-14)11-5-3-4-6-12(11)13/h3-6,10H,7-9,14H2,1-2H3. The van der Waals surface area contributed by atoms with Gasteiger partial charge in [-0.05, 0) is 41.8 Å².